The fourth-order valence-corrected chi connectivity index (χ4v) is 20.4. The van der Waals surface area contributed by atoms with Gasteiger partial charge in [0.2, 0.25) is 0 Å². The summed E-state index contributed by atoms with van der Waals surface area (Å²) in [6, 6.07) is 0. The van der Waals surface area contributed by atoms with Crippen LogP contribution in [0.25, 0.3) is 0 Å². The third-order valence-electron chi connectivity index (χ3n) is 3.72. The number of rotatable bonds is 5. The van der Waals surface area contributed by atoms with Gasteiger partial charge < -0.3 is 0 Å². The van der Waals surface area contributed by atoms with E-state index in [9.17, 15) is 0 Å². The van der Waals surface area contributed by atoms with Gasteiger partial charge in [0.15, 0.2) is 0 Å². The fraction of sp³-hybridized carbons (Fsp3) is 0.500. The van der Waals surface area contributed by atoms with E-state index in [2.05, 4.69) is 50.4 Å². The van der Waals surface area contributed by atoms with E-state index in [1.54, 1.807) is 5.57 Å². The summed E-state index contributed by atoms with van der Waals surface area (Å²) in [7, 11) is 0. The third kappa shape index (κ3) is 3.33. The SMILES string of the molecule is CCCCC1=[C]([Zr]([C]2=CC=CC2)=[Si](C)C)CC=C1. The zero-order chi connectivity index (χ0) is 13.0. The summed E-state index contributed by atoms with van der Waals surface area (Å²) in [6.45, 7) is 7.42. The van der Waals surface area contributed by atoms with Gasteiger partial charge >= 0.3 is 120 Å². The van der Waals surface area contributed by atoms with Crippen LogP contribution in [0.4, 0.5) is 0 Å². The van der Waals surface area contributed by atoms with Crippen molar-refractivity contribution in [2.24, 2.45) is 0 Å². The zero-order valence-electron chi connectivity index (χ0n) is 11.9. The van der Waals surface area contributed by atoms with Crippen molar-refractivity contribution in [1.29, 1.82) is 0 Å². The summed E-state index contributed by atoms with van der Waals surface area (Å²) in [4.78, 5) is 0. The molecule has 0 heterocycles. The second-order valence-corrected chi connectivity index (χ2v) is 22.7. The Morgan fingerprint density at radius 3 is 2.67 bits per heavy atom. The van der Waals surface area contributed by atoms with Crippen molar-refractivity contribution < 1.29 is 20.4 Å². The Hall–Kier alpha value is 0.0600. The molecule has 2 aliphatic carbocycles. The Morgan fingerprint density at radius 2 is 2.06 bits per heavy atom. The molecule has 2 heteroatoms. The van der Waals surface area contributed by atoms with Gasteiger partial charge in [-0.05, 0) is 0 Å². The van der Waals surface area contributed by atoms with Crippen LogP contribution >= 0.6 is 0 Å². The minimum atomic E-state index is -1.45. The predicted molar refractivity (Wildman–Crippen MR) is 79.6 cm³/mol. The van der Waals surface area contributed by atoms with E-state index in [0.717, 1.165) is 0 Å². The molecule has 0 atom stereocenters. The number of hydrogen-bond acceptors (Lipinski definition) is 0. The summed E-state index contributed by atoms with van der Waals surface area (Å²) < 4.78 is 3.81. The summed E-state index contributed by atoms with van der Waals surface area (Å²) in [5.41, 5.74) is 1.64. The van der Waals surface area contributed by atoms with Gasteiger partial charge in [0.25, 0.3) is 0 Å². The molecular formula is C16H24SiZr. The summed E-state index contributed by atoms with van der Waals surface area (Å²) in [6.07, 6.45) is 18.6. The molecule has 2 rings (SSSR count). The predicted octanol–water partition coefficient (Wildman–Crippen LogP) is 5.10. The molecular weight excluding hydrogens is 311 g/mol. The Morgan fingerprint density at radius 1 is 1.22 bits per heavy atom. The summed E-state index contributed by atoms with van der Waals surface area (Å²) in [5.74, 6) is 0. The van der Waals surface area contributed by atoms with Crippen molar-refractivity contribution >= 4 is 5.43 Å². The molecule has 0 bridgehead atoms. The van der Waals surface area contributed by atoms with Crippen molar-refractivity contribution in [3.63, 3.8) is 0 Å². The van der Waals surface area contributed by atoms with E-state index < -0.39 is 20.4 Å². The van der Waals surface area contributed by atoms with Gasteiger partial charge in [-0.2, -0.15) is 0 Å². The first-order valence-electron chi connectivity index (χ1n) is 7.16. The maximum atomic E-state index is 2.56. The van der Waals surface area contributed by atoms with Crippen LogP contribution in [-0.4, -0.2) is 5.43 Å². The quantitative estimate of drug-likeness (QED) is 0.613. The van der Waals surface area contributed by atoms with Crippen LogP contribution in [0.15, 0.2) is 42.5 Å². The van der Waals surface area contributed by atoms with Crippen LogP contribution in [-0.2, 0) is 20.4 Å². The first-order valence-corrected chi connectivity index (χ1v) is 15.8. The molecule has 0 saturated heterocycles. The standard InChI is InChI=1S/C9H13.C5H5.C2H6Si.Zr/c1-2-3-6-9-7-4-5-8-9;1-2-4-5-3-1;1-3-2;/h4,7H,2-3,5-6H2,1H3;1-3H,4H2;1-2H3;. The maximum absolute atomic E-state index is 2.56. The van der Waals surface area contributed by atoms with Gasteiger partial charge in [0.1, 0.15) is 0 Å². The molecule has 96 valence electrons. The average Bonchev–Trinajstić information content (AvgIpc) is 2.98. The van der Waals surface area contributed by atoms with Gasteiger partial charge in [0, 0.05) is 0 Å². The summed E-state index contributed by atoms with van der Waals surface area (Å²) >= 11 is -1.45. The van der Waals surface area contributed by atoms with Crippen LogP contribution in [0.3, 0.4) is 0 Å². The molecule has 0 aromatic carbocycles. The van der Waals surface area contributed by atoms with Crippen molar-refractivity contribution in [1.82, 2.24) is 0 Å². The molecule has 0 aromatic rings. The first kappa shape index (κ1) is 14.5. The molecule has 0 N–H and O–H groups in total. The summed E-state index contributed by atoms with van der Waals surface area (Å²) in [5, 5.41) is 0. The van der Waals surface area contributed by atoms with Gasteiger partial charge in [-0.3, -0.25) is 0 Å². The monoisotopic (exact) mass is 334 g/mol. The molecule has 0 nitrogen and oxygen atoms in total. The number of hydrogen-bond donors (Lipinski definition) is 0. The molecule has 18 heavy (non-hydrogen) atoms. The zero-order valence-corrected chi connectivity index (χ0v) is 15.4. The average molecular weight is 336 g/mol. The second kappa shape index (κ2) is 7.01. The van der Waals surface area contributed by atoms with Crippen LogP contribution in [0, 0.1) is 0 Å². The normalized spacial score (nSPS) is 17.6. The van der Waals surface area contributed by atoms with Gasteiger partial charge in [-0.15, -0.1) is 0 Å². The Kier molecular flexibility index (Phi) is 5.63. The molecule has 0 amide bonds. The van der Waals surface area contributed by atoms with Crippen molar-refractivity contribution in [3.8, 4) is 0 Å². The van der Waals surface area contributed by atoms with E-state index in [0.29, 0.717) is 0 Å². The van der Waals surface area contributed by atoms with E-state index in [1.165, 1.54) is 32.1 Å². The number of allylic oxidation sites excluding steroid dienone is 8. The molecule has 0 unspecified atom stereocenters. The first-order chi connectivity index (χ1) is 8.74. The second-order valence-electron chi connectivity index (χ2n) is 5.41. The molecule has 2 aliphatic rings. The van der Waals surface area contributed by atoms with Crippen LogP contribution in [0.5, 0.6) is 0 Å². The van der Waals surface area contributed by atoms with E-state index >= 15 is 0 Å². The Labute approximate surface area is 120 Å². The van der Waals surface area contributed by atoms with E-state index in [-0.39, 0.29) is 5.43 Å². The number of unbranched alkanes of at least 4 members (excludes halogenated alkanes) is 1. The fourth-order valence-electron chi connectivity index (χ4n) is 2.86. The van der Waals surface area contributed by atoms with Crippen LogP contribution < -0.4 is 0 Å². The molecule has 0 fully saturated rings. The van der Waals surface area contributed by atoms with Gasteiger partial charge in [-0.1, -0.05) is 0 Å². The van der Waals surface area contributed by atoms with Gasteiger partial charge in [0.05, 0.1) is 0 Å². The molecule has 0 saturated carbocycles. The minimum absolute atomic E-state index is 0.105. The van der Waals surface area contributed by atoms with Crippen LogP contribution in [0.2, 0.25) is 13.1 Å². The molecule has 0 spiro atoms. The van der Waals surface area contributed by atoms with Gasteiger partial charge in [-0.25, -0.2) is 0 Å². The van der Waals surface area contributed by atoms with Crippen molar-refractivity contribution in [2.75, 3.05) is 0 Å². The Bertz CT molecular complexity index is 471. The topological polar surface area (TPSA) is 0 Å². The molecule has 0 aromatic heterocycles. The molecule has 0 aliphatic heterocycles. The van der Waals surface area contributed by atoms with Crippen molar-refractivity contribution in [2.45, 2.75) is 52.1 Å². The van der Waals surface area contributed by atoms with Crippen LogP contribution in [0.1, 0.15) is 39.0 Å². The Balaban J connectivity index is 2.29. The van der Waals surface area contributed by atoms with E-state index in [1.807, 2.05) is 6.56 Å². The molecule has 0 radical (unpaired) electrons. The third-order valence-corrected chi connectivity index (χ3v) is 21.0. The van der Waals surface area contributed by atoms with E-state index in [4.69, 9.17) is 0 Å². The van der Waals surface area contributed by atoms with Crippen molar-refractivity contribution in [3.05, 3.63) is 42.5 Å².